The maximum Gasteiger partial charge on any atom is 0.308 e. The van der Waals surface area contributed by atoms with Crippen LogP contribution in [0.3, 0.4) is 0 Å². The minimum atomic E-state index is 0. The zero-order chi connectivity index (χ0) is 21.8. The average Bonchev–Trinajstić information content (AvgIpc) is 3.17. The van der Waals surface area contributed by atoms with Gasteiger partial charge in [-0.25, -0.2) is 0 Å². The van der Waals surface area contributed by atoms with Crippen LogP contribution >= 0.6 is 36.2 Å². The van der Waals surface area contributed by atoms with E-state index in [4.69, 9.17) is 0 Å². The number of rotatable bonds is 7. The molecule has 0 atom stereocenters. The highest BCUT2D eigenvalue weighted by Gasteiger charge is 2.26. The summed E-state index contributed by atoms with van der Waals surface area (Å²) >= 11 is 1.35. The van der Waals surface area contributed by atoms with Crippen LogP contribution in [0, 0.1) is 0 Å². The van der Waals surface area contributed by atoms with Crippen LogP contribution in [0.5, 0.6) is 0 Å². The second-order valence-corrected chi connectivity index (χ2v) is 9.44. The summed E-state index contributed by atoms with van der Waals surface area (Å²) < 4.78 is 3.02. The molecule has 5 nitrogen and oxygen atoms in total. The highest BCUT2D eigenvalue weighted by Crippen LogP contribution is 2.29. The van der Waals surface area contributed by atoms with E-state index in [1.54, 1.807) is 0 Å². The summed E-state index contributed by atoms with van der Waals surface area (Å²) in [5.41, 5.74) is 3.78. The van der Waals surface area contributed by atoms with Crippen molar-refractivity contribution < 1.29 is 5.48 Å². The fraction of sp³-hybridized carbons (Fsp3) is 0.296. The first kappa shape index (κ1) is 29.0. The summed E-state index contributed by atoms with van der Waals surface area (Å²) in [4.78, 5) is 17.7. The molecule has 0 unspecified atom stereocenters. The Morgan fingerprint density at radius 2 is 1.26 bits per heavy atom. The van der Waals surface area contributed by atoms with Crippen LogP contribution in [0.15, 0.2) is 89.7 Å². The molecule has 1 aromatic heterocycles. The van der Waals surface area contributed by atoms with Gasteiger partial charge in [0.05, 0.1) is 16.3 Å². The predicted octanol–water partition coefficient (Wildman–Crippen LogP) is 4.88. The van der Waals surface area contributed by atoms with Gasteiger partial charge in [-0.1, -0.05) is 84.1 Å². The van der Waals surface area contributed by atoms with E-state index >= 15 is 0 Å². The van der Waals surface area contributed by atoms with Crippen LogP contribution in [0.1, 0.15) is 23.6 Å². The lowest BCUT2D eigenvalue weighted by molar-refractivity contribution is 0.108. The number of nitrogens with zero attached hydrogens (tertiary/aromatic N) is 3. The topological polar surface area (TPSA) is 60.0 Å². The Morgan fingerprint density at radius 1 is 0.714 bits per heavy atom. The van der Waals surface area contributed by atoms with Gasteiger partial charge in [0.15, 0.2) is 0 Å². The fourth-order valence-corrected chi connectivity index (χ4v) is 5.73. The molecule has 1 saturated heterocycles. The van der Waals surface area contributed by atoms with E-state index in [0.717, 1.165) is 55.9 Å². The molecule has 5 rings (SSSR count). The summed E-state index contributed by atoms with van der Waals surface area (Å²) in [6, 6.07) is 30.1. The van der Waals surface area contributed by atoms with Crippen molar-refractivity contribution in [2.45, 2.75) is 19.0 Å². The van der Waals surface area contributed by atoms with Crippen molar-refractivity contribution in [2.24, 2.45) is 0 Å². The molecule has 0 radical (unpaired) electrons. The second kappa shape index (κ2) is 13.8. The first-order valence-corrected chi connectivity index (χ1v) is 12.3. The van der Waals surface area contributed by atoms with Crippen LogP contribution < -0.4 is 4.87 Å². The lowest BCUT2D eigenvalue weighted by atomic mass is 9.96. The minimum absolute atomic E-state index is 0. The molecule has 8 heteroatoms. The summed E-state index contributed by atoms with van der Waals surface area (Å²) in [5.74, 6) is 0. The summed E-state index contributed by atoms with van der Waals surface area (Å²) in [6.07, 6.45) is 1.00. The van der Waals surface area contributed by atoms with Crippen molar-refractivity contribution in [1.29, 1.82) is 0 Å². The van der Waals surface area contributed by atoms with Gasteiger partial charge in [0.1, 0.15) is 0 Å². The number of hydrogen-bond donors (Lipinski definition) is 0. The van der Waals surface area contributed by atoms with Crippen molar-refractivity contribution in [2.75, 3.05) is 32.7 Å². The zero-order valence-electron chi connectivity index (χ0n) is 19.6. The van der Waals surface area contributed by atoms with E-state index < -0.39 is 0 Å². The van der Waals surface area contributed by atoms with Crippen molar-refractivity contribution in [1.82, 2.24) is 14.4 Å². The van der Waals surface area contributed by atoms with E-state index in [2.05, 4.69) is 76.5 Å². The van der Waals surface area contributed by atoms with Gasteiger partial charge in [0.2, 0.25) is 0 Å². The number of aromatic nitrogens is 1. The van der Waals surface area contributed by atoms with Crippen molar-refractivity contribution >= 4 is 46.4 Å². The van der Waals surface area contributed by atoms with Gasteiger partial charge in [-0.15, -0.1) is 24.8 Å². The lowest BCUT2D eigenvalue weighted by Crippen LogP contribution is -2.48. The number of hydrogen-bond acceptors (Lipinski definition) is 4. The Labute approximate surface area is 223 Å². The molecule has 1 aliphatic rings. The molecule has 0 spiro atoms. The first-order chi connectivity index (χ1) is 15.8. The van der Waals surface area contributed by atoms with Gasteiger partial charge in [0.25, 0.3) is 0 Å². The van der Waals surface area contributed by atoms with Crippen LogP contribution in [0.2, 0.25) is 0 Å². The molecule has 0 saturated carbocycles. The van der Waals surface area contributed by atoms with E-state index in [9.17, 15) is 4.79 Å². The van der Waals surface area contributed by atoms with Crippen LogP contribution in [-0.4, -0.2) is 52.6 Å². The monoisotopic (exact) mass is 533 g/mol. The molecule has 4 aromatic rings. The molecule has 3 aromatic carbocycles. The second-order valence-electron chi connectivity index (χ2n) is 8.44. The Morgan fingerprint density at radius 3 is 1.86 bits per heavy atom. The Bertz CT molecular complexity index is 1170. The quantitative estimate of drug-likeness (QED) is 0.340. The molecular weight excluding hydrogens is 501 g/mol. The normalized spacial score (nSPS) is 14.2. The Hall–Kier alpha value is -2.19. The lowest BCUT2D eigenvalue weighted by Gasteiger charge is -2.39. The van der Waals surface area contributed by atoms with Crippen LogP contribution in [0.25, 0.3) is 10.2 Å². The van der Waals surface area contributed by atoms with E-state index in [0.29, 0.717) is 6.04 Å². The molecule has 0 amide bonds. The maximum atomic E-state index is 12.4. The molecule has 2 heterocycles. The highest BCUT2D eigenvalue weighted by atomic mass is 35.5. The first-order valence-electron chi connectivity index (χ1n) is 11.4. The molecule has 35 heavy (non-hydrogen) atoms. The largest absolute Gasteiger partial charge is 0.412 e. The molecule has 1 fully saturated rings. The molecular formula is C27H33Cl2N3O2S. The van der Waals surface area contributed by atoms with E-state index in [1.807, 2.05) is 22.8 Å². The number of benzene rings is 3. The van der Waals surface area contributed by atoms with Gasteiger partial charge >= 0.3 is 4.87 Å². The number of thiazole rings is 1. The van der Waals surface area contributed by atoms with Crippen LogP contribution in [-0.2, 0) is 6.54 Å². The summed E-state index contributed by atoms with van der Waals surface area (Å²) in [5, 5.41) is 0. The SMILES string of the molecule is Cl.Cl.O.O=c1sc2ccccc2n1CCCN1CCN(C(c2ccccc2)c2ccccc2)CC1. The highest BCUT2D eigenvalue weighted by molar-refractivity contribution is 7.16. The van der Waals surface area contributed by atoms with Crippen LogP contribution in [0.4, 0.5) is 0 Å². The molecule has 1 aliphatic heterocycles. The number of para-hydroxylation sites is 1. The van der Waals surface area contributed by atoms with Gasteiger partial charge in [-0.3, -0.25) is 14.3 Å². The summed E-state index contributed by atoms with van der Waals surface area (Å²) in [6.45, 7) is 6.06. The van der Waals surface area contributed by atoms with Crippen molar-refractivity contribution in [3.8, 4) is 0 Å². The standard InChI is InChI=1S/C27H29N3OS.2ClH.H2O/c31-27-30(24-14-7-8-15-25(24)32-27)17-9-16-28-18-20-29(21-19-28)26(22-10-3-1-4-11-22)23-12-5-2-6-13-23;;;/h1-8,10-15,26H,9,16-21H2;2*1H;1H2. The number of aryl methyl sites for hydroxylation is 1. The zero-order valence-corrected chi connectivity index (χ0v) is 22.0. The minimum Gasteiger partial charge on any atom is -0.412 e. The van der Waals surface area contributed by atoms with Gasteiger partial charge in [-0.05, 0) is 36.2 Å². The third-order valence-electron chi connectivity index (χ3n) is 6.43. The third kappa shape index (κ3) is 6.73. The fourth-order valence-electron chi connectivity index (χ4n) is 4.81. The average molecular weight is 535 g/mol. The molecule has 188 valence electrons. The Kier molecular flexibility index (Phi) is 11.4. The smallest absolute Gasteiger partial charge is 0.308 e. The van der Waals surface area contributed by atoms with Crippen molar-refractivity contribution in [3.63, 3.8) is 0 Å². The maximum absolute atomic E-state index is 12.4. The Balaban J connectivity index is 0.00000144. The summed E-state index contributed by atoms with van der Waals surface area (Å²) in [7, 11) is 0. The van der Waals surface area contributed by atoms with E-state index in [1.165, 1.54) is 22.5 Å². The van der Waals surface area contributed by atoms with Gasteiger partial charge < -0.3 is 10.4 Å². The third-order valence-corrected chi connectivity index (χ3v) is 7.39. The molecule has 0 aliphatic carbocycles. The van der Waals surface area contributed by atoms with Gasteiger partial charge in [0, 0.05) is 32.7 Å². The van der Waals surface area contributed by atoms with Crippen molar-refractivity contribution in [3.05, 3.63) is 106 Å². The number of halogens is 2. The predicted molar refractivity (Wildman–Crippen MR) is 152 cm³/mol. The van der Waals surface area contributed by atoms with Gasteiger partial charge in [-0.2, -0.15) is 0 Å². The van der Waals surface area contributed by atoms with E-state index in [-0.39, 0.29) is 35.2 Å². The molecule has 0 bridgehead atoms. The molecule has 2 N–H and O–H groups in total. The number of piperazine rings is 1. The number of fused-ring (bicyclic) bond motifs is 1.